The minimum Gasteiger partial charge on any atom is -0.357 e. The van der Waals surface area contributed by atoms with Gasteiger partial charge in [-0.3, -0.25) is 9.79 Å². The summed E-state index contributed by atoms with van der Waals surface area (Å²) in [6, 6.07) is 12.4. The van der Waals surface area contributed by atoms with Crippen molar-refractivity contribution in [3.8, 4) is 0 Å². The van der Waals surface area contributed by atoms with Crippen molar-refractivity contribution >= 4 is 47.2 Å². The first-order chi connectivity index (χ1) is 12.8. The maximum absolute atomic E-state index is 11.9. The van der Waals surface area contributed by atoms with E-state index in [9.17, 15) is 4.79 Å². The Morgan fingerprint density at radius 2 is 2.00 bits per heavy atom. The van der Waals surface area contributed by atoms with Crippen LogP contribution in [0.3, 0.4) is 0 Å². The summed E-state index contributed by atoms with van der Waals surface area (Å²) >= 11 is 1.46. The Balaban J connectivity index is 0.00000261. The minimum atomic E-state index is 0. The van der Waals surface area contributed by atoms with E-state index in [1.54, 1.807) is 0 Å². The monoisotopic (exact) mass is 498 g/mol. The Kier molecular flexibility index (Phi) is 9.06. The topological polar surface area (TPSA) is 56.7 Å². The van der Waals surface area contributed by atoms with Crippen molar-refractivity contribution in [2.75, 3.05) is 26.2 Å². The van der Waals surface area contributed by atoms with Gasteiger partial charge in [-0.25, -0.2) is 0 Å². The molecule has 2 heterocycles. The maximum atomic E-state index is 11.9. The van der Waals surface area contributed by atoms with Gasteiger partial charge in [0.2, 0.25) is 0 Å². The van der Waals surface area contributed by atoms with Crippen LogP contribution in [0.15, 0.2) is 46.8 Å². The Morgan fingerprint density at radius 3 is 2.74 bits per heavy atom. The average molecular weight is 498 g/mol. The number of halogens is 1. The number of amides is 1. The molecular weight excluding hydrogens is 471 g/mol. The fourth-order valence-electron chi connectivity index (χ4n) is 3.06. The van der Waals surface area contributed by atoms with Crippen molar-refractivity contribution < 1.29 is 4.79 Å². The lowest BCUT2D eigenvalue weighted by Gasteiger charge is -2.31. The molecule has 27 heavy (non-hydrogen) atoms. The quantitative estimate of drug-likeness (QED) is 0.278. The molecule has 1 amide bonds. The Labute approximate surface area is 182 Å². The molecule has 2 aromatic rings. The van der Waals surface area contributed by atoms with Crippen molar-refractivity contribution in [2.24, 2.45) is 4.99 Å². The molecule has 0 atom stereocenters. The maximum Gasteiger partial charge on any atom is 0.261 e. The van der Waals surface area contributed by atoms with Gasteiger partial charge < -0.3 is 15.5 Å². The molecule has 0 radical (unpaired) electrons. The van der Waals surface area contributed by atoms with Crippen molar-refractivity contribution in [1.82, 2.24) is 15.5 Å². The number of carbonyl (C=O) groups excluding carboxylic acids is 1. The van der Waals surface area contributed by atoms with Crippen LogP contribution in [-0.2, 0) is 13.0 Å². The van der Waals surface area contributed by atoms with Crippen LogP contribution >= 0.6 is 35.3 Å². The number of rotatable bonds is 6. The largest absolute Gasteiger partial charge is 0.357 e. The van der Waals surface area contributed by atoms with E-state index in [0.717, 1.165) is 43.3 Å². The Bertz CT molecular complexity index is 748. The third-order valence-electron chi connectivity index (χ3n) is 4.39. The number of carbonyl (C=O) groups is 1. The smallest absolute Gasteiger partial charge is 0.261 e. The van der Waals surface area contributed by atoms with E-state index >= 15 is 0 Å². The molecule has 0 saturated heterocycles. The molecule has 146 valence electrons. The van der Waals surface area contributed by atoms with Gasteiger partial charge in [0.25, 0.3) is 5.91 Å². The van der Waals surface area contributed by atoms with Crippen LogP contribution in [0.5, 0.6) is 0 Å². The number of thiophene rings is 1. The molecule has 0 spiro atoms. The number of benzene rings is 1. The summed E-state index contributed by atoms with van der Waals surface area (Å²) in [7, 11) is 0. The van der Waals surface area contributed by atoms with Crippen molar-refractivity contribution in [3.63, 3.8) is 0 Å². The molecule has 0 bridgehead atoms. The number of hydrogen-bond acceptors (Lipinski definition) is 3. The van der Waals surface area contributed by atoms with Crippen molar-refractivity contribution in [3.05, 3.63) is 57.8 Å². The number of aliphatic imine (C=N–C) groups is 1. The Morgan fingerprint density at radius 1 is 1.19 bits per heavy atom. The van der Waals surface area contributed by atoms with Crippen LogP contribution in [0, 0.1) is 0 Å². The highest BCUT2D eigenvalue weighted by atomic mass is 127. The number of fused-ring (bicyclic) bond motifs is 1. The van der Waals surface area contributed by atoms with Gasteiger partial charge in [-0.15, -0.1) is 35.3 Å². The molecule has 7 heteroatoms. The molecule has 1 aliphatic rings. The molecule has 0 aliphatic carbocycles. The summed E-state index contributed by atoms with van der Waals surface area (Å²) in [6.45, 7) is 6.17. The number of guanidine groups is 1. The number of nitrogens with one attached hydrogen (secondary N) is 2. The summed E-state index contributed by atoms with van der Waals surface area (Å²) in [5.74, 6) is 0.968. The second-order valence-electron chi connectivity index (χ2n) is 6.26. The highest BCUT2D eigenvalue weighted by molar-refractivity contribution is 14.0. The van der Waals surface area contributed by atoms with E-state index in [1.165, 1.54) is 22.5 Å². The summed E-state index contributed by atoms with van der Waals surface area (Å²) in [5, 5.41) is 8.26. The van der Waals surface area contributed by atoms with Crippen LogP contribution in [0.4, 0.5) is 0 Å². The van der Waals surface area contributed by atoms with E-state index in [4.69, 9.17) is 4.99 Å². The van der Waals surface area contributed by atoms with Crippen LogP contribution in [-0.4, -0.2) is 42.9 Å². The molecule has 1 aromatic heterocycles. The fraction of sp³-hybridized carbons (Fsp3) is 0.400. The van der Waals surface area contributed by atoms with E-state index in [0.29, 0.717) is 13.1 Å². The molecule has 0 saturated carbocycles. The standard InChI is InChI=1S/C20H26N4OS.HI/c1-2-21-20(24-13-10-16-7-3-4-8-17(16)15-24)23-12-6-11-22-19(25)18-9-5-14-26-18;/h3-5,7-9,14H,2,6,10-13,15H2,1H3,(H,21,23)(H,22,25);1H. The van der Waals surface area contributed by atoms with Gasteiger partial charge in [-0.2, -0.15) is 0 Å². The van der Waals surface area contributed by atoms with Crippen LogP contribution in [0.1, 0.15) is 34.1 Å². The first-order valence-corrected chi connectivity index (χ1v) is 10.1. The zero-order chi connectivity index (χ0) is 18.2. The zero-order valence-corrected chi connectivity index (χ0v) is 18.8. The van der Waals surface area contributed by atoms with Gasteiger partial charge in [0.15, 0.2) is 5.96 Å². The first-order valence-electron chi connectivity index (χ1n) is 9.19. The highest BCUT2D eigenvalue weighted by Crippen LogP contribution is 2.18. The van der Waals surface area contributed by atoms with Crippen molar-refractivity contribution in [1.29, 1.82) is 0 Å². The molecular formula is C20H27IN4OS. The average Bonchev–Trinajstić information content (AvgIpc) is 3.21. The van der Waals surface area contributed by atoms with E-state index < -0.39 is 0 Å². The van der Waals surface area contributed by atoms with Gasteiger partial charge in [0, 0.05) is 32.7 Å². The van der Waals surface area contributed by atoms with Gasteiger partial charge in [-0.05, 0) is 42.3 Å². The molecule has 5 nitrogen and oxygen atoms in total. The highest BCUT2D eigenvalue weighted by Gasteiger charge is 2.18. The third-order valence-corrected chi connectivity index (χ3v) is 5.26. The summed E-state index contributed by atoms with van der Waals surface area (Å²) < 4.78 is 0. The fourth-order valence-corrected chi connectivity index (χ4v) is 3.70. The van der Waals surface area contributed by atoms with Gasteiger partial charge in [0.1, 0.15) is 0 Å². The predicted molar refractivity (Wildman–Crippen MR) is 123 cm³/mol. The normalized spacial score (nSPS) is 13.5. The van der Waals surface area contributed by atoms with Crippen LogP contribution in [0.25, 0.3) is 0 Å². The second kappa shape index (κ2) is 11.3. The first kappa shape index (κ1) is 21.7. The lowest BCUT2D eigenvalue weighted by atomic mass is 10.0. The summed E-state index contributed by atoms with van der Waals surface area (Å²) in [6.07, 6.45) is 1.88. The van der Waals surface area contributed by atoms with Gasteiger partial charge >= 0.3 is 0 Å². The van der Waals surface area contributed by atoms with Crippen LogP contribution < -0.4 is 10.6 Å². The lowest BCUT2D eigenvalue weighted by Crippen LogP contribution is -2.44. The van der Waals surface area contributed by atoms with E-state index in [1.807, 2.05) is 17.5 Å². The molecule has 0 unspecified atom stereocenters. The lowest BCUT2D eigenvalue weighted by molar-refractivity contribution is 0.0957. The second-order valence-corrected chi connectivity index (χ2v) is 7.21. The van der Waals surface area contributed by atoms with Gasteiger partial charge in [0.05, 0.1) is 4.88 Å². The SMILES string of the molecule is CCNC(=NCCCNC(=O)c1cccs1)N1CCc2ccccc2C1.I. The van der Waals surface area contributed by atoms with E-state index in [-0.39, 0.29) is 29.9 Å². The minimum absolute atomic E-state index is 0. The Hall–Kier alpha value is -1.61. The van der Waals surface area contributed by atoms with Crippen molar-refractivity contribution in [2.45, 2.75) is 26.3 Å². The number of nitrogens with zero attached hydrogens (tertiary/aromatic N) is 2. The predicted octanol–water partition coefficient (Wildman–Crippen LogP) is 3.51. The summed E-state index contributed by atoms with van der Waals surface area (Å²) in [5.41, 5.74) is 2.82. The number of hydrogen-bond donors (Lipinski definition) is 2. The zero-order valence-electron chi connectivity index (χ0n) is 15.6. The van der Waals surface area contributed by atoms with Gasteiger partial charge in [-0.1, -0.05) is 30.3 Å². The molecule has 1 aliphatic heterocycles. The molecule has 1 aromatic carbocycles. The molecule has 0 fully saturated rings. The third kappa shape index (κ3) is 6.21. The van der Waals surface area contributed by atoms with E-state index in [2.05, 4.69) is 46.7 Å². The summed E-state index contributed by atoms with van der Waals surface area (Å²) in [4.78, 5) is 19.7. The molecule has 3 rings (SSSR count). The van der Waals surface area contributed by atoms with Crippen LogP contribution in [0.2, 0.25) is 0 Å². The molecule has 2 N–H and O–H groups in total.